The van der Waals surface area contributed by atoms with Crippen molar-refractivity contribution in [3.63, 3.8) is 0 Å². The SMILES string of the molecule is CN(Cc1ccoc1)C(=O)C1(N)C2CCCOC2C1(C)C. The van der Waals surface area contributed by atoms with Crippen molar-refractivity contribution in [3.8, 4) is 0 Å². The molecule has 1 aromatic rings. The second-order valence-corrected chi connectivity index (χ2v) is 6.92. The van der Waals surface area contributed by atoms with Gasteiger partial charge in [-0.25, -0.2) is 0 Å². The Morgan fingerprint density at radius 3 is 2.95 bits per heavy atom. The number of nitrogens with zero attached hydrogens (tertiary/aromatic N) is 1. The second kappa shape index (κ2) is 4.85. The largest absolute Gasteiger partial charge is 0.472 e. The summed E-state index contributed by atoms with van der Waals surface area (Å²) < 4.78 is 10.9. The van der Waals surface area contributed by atoms with E-state index in [1.54, 1.807) is 24.5 Å². The Morgan fingerprint density at radius 2 is 2.29 bits per heavy atom. The molecule has 1 amide bonds. The molecule has 3 unspecified atom stereocenters. The van der Waals surface area contributed by atoms with E-state index in [-0.39, 0.29) is 23.3 Å². The molecule has 0 aromatic carbocycles. The molecule has 0 bridgehead atoms. The van der Waals surface area contributed by atoms with Crippen molar-refractivity contribution in [2.45, 2.75) is 44.9 Å². The third kappa shape index (κ3) is 1.94. The summed E-state index contributed by atoms with van der Waals surface area (Å²) in [5, 5.41) is 0. The van der Waals surface area contributed by atoms with E-state index in [1.807, 2.05) is 19.9 Å². The maximum Gasteiger partial charge on any atom is 0.243 e. The average Bonchev–Trinajstić information content (AvgIpc) is 2.98. The number of furan rings is 1. The summed E-state index contributed by atoms with van der Waals surface area (Å²) in [6, 6.07) is 1.87. The van der Waals surface area contributed by atoms with Crippen LogP contribution < -0.4 is 5.73 Å². The van der Waals surface area contributed by atoms with Crippen LogP contribution in [0.4, 0.5) is 0 Å². The molecule has 2 aliphatic rings. The van der Waals surface area contributed by atoms with E-state index in [2.05, 4.69) is 0 Å². The molecule has 1 aliphatic heterocycles. The van der Waals surface area contributed by atoms with Crippen LogP contribution in [0.3, 0.4) is 0 Å². The van der Waals surface area contributed by atoms with E-state index >= 15 is 0 Å². The second-order valence-electron chi connectivity index (χ2n) is 6.92. The van der Waals surface area contributed by atoms with Crippen LogP contribution in [0, 0.1) is 11.3 Å². The maximum atomic E-state index is 13.0. The zero-order valence-electron chi connectivity index (χ0n) is 13.0. The van der Waals surface area contributed by atoms with Gasteiger partial charge in [0.05, 0.1) is 18.6 Å². The number of likely N-dealkylation sites (N-methyl/N-ethyl adjacent to an activating group) is 1. The standard InChI is InChI=1S/C16H24N2O3/c1-15(2)13-12(5-4-7-21-13)16(15,17)14(19)18(3)9-11-6-8-20-10-11/h6,8,10,12-13H,4-5,7,9,17H2,1-3H3. The fraction of sp³-hybridized carbons (Fsp3) is 0.688. The van der Waals surface area contributed by atoms with Crippen molar-refractivity contribution in [2.75, 3.05) is 13.7 Å². The van der Waals surface area contributed by atoms with Crippen LogP contribution in [-0.2, 0) is 16.1 Å². The first-order chi connectivity index (χ1) is 9.89. The predicted molar refractivity (Wildman–Crippen MR) is 78.3 cm³/mol. The zero-order chi connectivity index (χ0) is 15.3. The van der Waals surface area contributed by atoms with Gasteiger partial charge in [-0.1, -0.05) is 13.8 Å². The molecule has 5 nitrogen and oxygen atoms in total. The van der Waals surface area contributed by atoms with Crippen molar-refractivity contribution < 1.29 is 13.9 Å². The summed E-state index contributed by atoms with van der Waals surface area (Å²) in [7, 11) is 1.80. The van der Waals surface area contributed by atoms with Crippen LogP contribution in [0.15, 0.2) is 23.0 Å². The fourth-order valence-corrected chi connectivity index (χ4v) is 4.05. The highest BCUT2D eigenvalue weighted by Gasteiger charge is 2.70. The van der Waals surface area contributed by atoms with E-state index in [1.165, 1.54) is 0 Å². The summed E-state index contributed by atoms with van der Waals surface area (Å²) in [6.45, 7) is 5.38. The minimum atomic E-state index is -0.837. The number of amides is 1. The number of nitrogens with two attached hydrogens (primary N) is 1. The van der Waals surface area contributed by atoms with Gasteiger partial charge in [0, 0.05) is 37.1 Å². The predicted octanol–water partition coefficient (Wildman–Crippen LogP) is 1.77. The normalized spacial score (nSPS) is 33.9. The quantitative estimate of drug-likeness (QED) is 0.922. The van der Waals surface area contributed by atoms with E-state index < -0.39 is 5.54 Å². The highest BCUT2D eigenvalue weighted by Crippen LogP contribution is 2.57. The number of carbonyl (C=O) groups excluding carboxylic acids is 1. The number of carbonyl (C=O) groups is 1. The summed E-state index contributed by atoms with van der Waals surface area (Å²) in [5.74, 6) is 0.126. The Labute approximate surface area is 125 Å². The molecule has 1 aromatic heterocycles. The minimum Gasteiger partial charge on any atom is -0.472 e. The third-order valence-corrected chi connectivity index (χ3v) is 5.39. The Bertz CT molecular complexity index is 526. The topological polar surface area (TPSA) is 68.7 Å². The first kappa shape index (κ1) is 14.6. The van der Waals surface area contributed by atoms with Gasteiger partial charge in [-0.3, -0.25) is 4.79 Å². The van der Waals surface area contributed by atoms with Crippen LogP contribution in [0.5, 0.6) is 0 Å². The molecule has 1 saturated heterocycles. The van der Waals surface area contributed by atoms with E-state index in [0.29, 0.717) is 6.54 Å². The van der Waals surface area contributed by atoms with Crippen molar-refractivity contribution in [1.82, 2.24) is 4.90 Å². The Balaban J connectivity index is 1.79. The minimum absolute atomic E-state index is 0.000417. The van der Waals surface area contributed by atoms with Crippen molar-refractivity contribution >= 4 is 5.91 Å². The number of ether oxygens (including phenoxy) is 1. The zero-order valence-corrected chi connectivity index (χ0v) is 13.0. The van der Waals surface area contributed by atoms with Crippen molar-refractivity contribution in [1.29, 1.82) is 0 Å². The monoisotopic (exact) mass is 292 g/mol. The summed E-state index contributed by atoms with van der Waals surface area (Å²) in [6.07, 6.45) is 5.32. The number of hydrogen-bond donors (Lipinski definition) is 1. The van der Waals surface area contributed by atoms with Crippen LogP contribution in [0.25, 0.3) is 0 Å². The van der Waals surface area contributed by atoms with Gasteiger partial charge in [0.25, 0.3) is 0 Å². The molecule has 2 fully saturated rings. The Morgan fingerprint density at radius 1 is 1.52 bits per heavy atom. The van der Waals surface area contributed by atoms with Gasteiger partial charge in [0.2, 0.25) is 5.91 Å². The highest BCUT2D eigenvalue weighted by molar-refractivity contribution is 5.89. The fourth-order valence-electron chi connectivity index (χ4n) is 4.05. The van der Waals surface area contributed by atoms with E-state index in [4.69, 9.17) is 14.9 Å². The van der Waals surface area contributed by atoms with Gasteiger partial charge >= 0.3 is 0 Å². The molecule has 0 spiro atoms. The van der Waals surface area contributed by atoms with Gasteiger partial charge in [-0.15, -0.1) is 0 Å². The van der Waals surface area contributed by atoms with Gasteiger partial charge in [0.1, 0.15) is 5.54 Å². The molecule has 2 N–H and O–H groups in total. The lowest BCUT2D eigenvalue weighted by atomic mass is 9.46. The lowest BCUT2D eigenvalue weighted by Gasteiger charge is -2.65. The van der Waals surface area contributed by atoms with Crippen LogP contribution in [0.1, 0.15) is 32.3 Å². The highest BCUT2D eigenvalue weighted by atomic mass is 16.5. The summed E-state index contributed by atoms with van der Waals surface area (Å²) in [5.41, 5.74) is 6.42. The molecule has 1 aliphatic carbocycles. The molecule has 116 valence electrons. The van der Waals surface area contributed by atoms with Crippen LogP contribution in [0.2, 0.25) is 0 Å². The molecule has 3 atom stereocenters. The van der Waals surface area contributed by atoms with E-state index in [9.17, 15) is 4.79 Å². The maximum absolute atomic E-state index is 13.0. The summed E-state index contributed by atoms with van der Waals surface area (Å²) in [4.78, 5) is 14.7. The number of rotatable bonds is 3. The summed E-state index contributed by atoms with van der Waals surface area (Å²) >= 11 is 0. The molecule has 5 heteroatoms. The molecule has 3 rings (SSSR count). The average molecular weight is 292 g/mol. The Hall–Kier alpha value is -1.33. The van der Waals surface area contributed by atoms with Gasteiger partial charge < -0.3 is 19.8 Å². The molecule has 2 heterocycles. The number of hydrogen-bond acceptors (Lipinski definition) is 4. The van der Waals surface area contributed by atoms with E-state index in [0.717, 1.165) is 25.0 Å². The van der Waals surface area contributed by atoms with Crippen LogP contribution >= 0.6 is 0 Å². The lowest BCUT2D eigenvalue weighted by molar-refractivity contribution is -0.229. The first-order valence-electron chi connectivity index (χ1n) is 7.56. The molecule has 1 saturated carbocycles. The Kier molecular flexibility index (Phi) is 3.37. The number of fused-ring (bicyclic) bond motifs is 1. The smallest absolute Gasteiger partial charge is 0.243 e. The van der Waals surface area contributed by atoms with Crippen molar-refractivity contribution in [2.24, 2.45) is 17.1 Å². The molecular weight excluding hydrogens is 268 g/mol. The van der Waals surface area contributed by atoms with Gasteiger partial charge in [-0.05, 0) is 18.9 Å². The van der Waals surface area contributed by atoms with Crippen LogP contribution in [-0.4, -0.2) is 36.1 Å². The molecule has 21 heavy (non-hydrogen) atoms. The molecular formula is C16H24N2O3. The van der Waals surface area contributed by atoms with Gasteiger partial charge in [0.15, 0.2) is 0 Å². The van der Waals surface area contributed by atoms with Gasteiger partial charge in [-0.2, -0.15) is 0 Å². The first-order valence-corrected chi connectivity index (χ1v) is 7.56. The third-order valence-electron chi connectivity index (χ3n) is 5.39. The van der Waals surface area contributed by atoms with Crippen molar-refractivity contribution in [3.05, 3.63) is 24.2 Å². The molecule has 0 radical (unpaired) electrons. The lowest BCUT2D eigenvalue weighted by Crippen LogP contribution is -2.82.